The number of amides is 1. The Hall–Kier alpha value is -3.12. The van der Waals surface area contributed by atoms with Gasteiger partial charge in [0.25, 0.3) is 5.91 Å². The predicted octanol–water partition coefficient (Wildman–Crippen LogP) is 4.26. The predicted molar refractivity (Wildman–Crippen MR) is 135 cm³/mol. The van der Waals surface area contributed by atoms with Gasteiger partial charge < -0.3 is 15.0 Å². The number of nitrogens with one attached hydrogen (secondary N) is 1. The third-order valence-corrected chi connectivity index (χ3v) is 7.88. The standard InChI is InChI=1S/C28H32N4O2/c1-19-6-7-22(34-18-20-8-14-31(20)2)17-24(19)27(33)30-28(9-10-28)25-15-21(32-12-4-13-32)16-26-23(25)5-3-11-29-26/h3,5-7,11,15-17,20H,4,8-10,12-14,18H2,1-2H3,(H,30,33). The monoisotopic (exact) mass is 456 g/mol. The molecule has 6 rings (SSSR count). The minimum Gasteiger partial charge on any atom is -0.492 e. The number of aryl methyl sites for hydroxylation is 1. The number of hydrogen-bond donors (Lipinski definition) is 1. The molecule has 2 aromatic carbocycles. The summed E-state index contributed by atoms with van der Waals surface area (Å²) in [6, 6.07) is 14.9. The fourth-order valence-electron chi connectivity index (χ4n) is 5.10. The molecule has 0 spiro atoms. The summed E-state index contributed by atoms with van der Waals surface area (Å²) in [6.45, 7) is 5.94. The van der Waals surface area contributed by atoms with Crippen molar-refractivity contribution >= 4 is 22.5 Å². The van der Waals surface area contributed by atoms with Crippen LogP contribution in [0.25, 0.3) is 10.9 Å². The third kappa shape index (κ3) is 3.80. The molecule has 6 nitrogen and oxygen atoms in total. The van der Waals surface area contributed by atoms with Gasteiger partial charge in [-0.25, -0.2) is 0 Å². The van der Waals surface area contributed by atoms with E-state index >= 15 is 0 Å². The molecule has 34 heavy (non-hydrogen) atoms. The topological polar surface area (TPSA) is 57.7 Å². The summed E-state index contributed by atoms with van der Waals surface area (Å²) < 4.78 is 6.04. The zero-order chi connectivity index (χ0) is 23.3. The van der Waals surface area contributed by atoms with Crippen molar-refractivity contribution in [3.8, 4) is 5.75 Å². The number of anilines is 1. The van der Waals surface area contributed by atoms with E-state index < -0.39 is 0 Å². The van der Waals surface area contributed by atoms with Gasteiger partial charge in [0.05, 0.1) is 11.1 Å². The average molecular weight is 457 g/mol. The molecule has 1 aromatic heterocycles. The van der Waals surface area contributed by atoms with Gasteiger partial charge in [0, 0.05) is 42.0 Å². The van der Waals surface area contributed by atoms with Gasteiger partial charge in [0.1, 0.15) is 12.4 Å². The largest absolute Gasteiger partial charge is 0.492 e. The summed E-state index contributed by atoms with van der Waals surface area (Å²) in [4.78, 5) is 22.9. The fourth-order valence-corrected chi connectivity index (χ4v) is 5.10. The second-order valence-electron chi connectivity index (χ2n) is 10.2. The van der Waals surface area contributed by atoms with Gasteiger partial charge in [-0.3, -0.25) is 14.7 Å². The zero-order valence-corrected chi connectivity index (χ0v) is 20.0. The highest BCUT2D eigenvalue weighted by molar-refractivity contribution is 5.97. The molecule has 2 saturated heterocycles. The molecule has 1 unspecified atom stereocenters. The van der Waals surface area contributed by atoms with E-state index in [0.29, 0.717) is 18.2 Å². The molecule has 3 aromatic rings. The first-order valence-corrected chi connectivity index (χ1v) is 12.4. The minimum absolute atomic E-state index is 0.0346. The molecule has 1 amide bonds. The van der Waals surface area contributed by atoms with E-state index in [-0.39, 0.29) is 11.4 Å². The lowest BCUT2D eigenvalue weighted by Gasteiger charge is -2.37. The van der Waals surface area contributed by atoms with Gasteiger partial charge in [-0.1, -0.05) is 12.1 Å². The van der Waals surface area contributed by atoms with E-state index in [4.69, 9.17) is 4.74 Å². The lowest BCUT2D eigenvalue weighted by molar-refractivity contribution is 0.0767. The van der Waals surface area contributed by atoms with E-state index in [0.717, 1.165) is 61.1 Å². The van der Waals surface area contributed by atoms with Crippen LogP contribution < -0.4 is 15.0 Å². The SMILES string of the molecule is Cc1ccc(OCC2CCN2C)cc1C(=O)NC1(c2cc(N3CCC3)cc3ncccc23)CC1. The molecule has 1 atom stereocenters. The highest BCUT2D eigenvalue weighted by Gasteiger charge is 2.47. The highest BCUT2D eigenvalue weighted by atomic mass is 16.5. The maximum Gasteiger partial charge on any atom is 0.252 e. The maximum atomic E-state index is 13.5. The first-order chi connectivity index (χ1) is 16.5. The first-order valence-electron chi connectivity index (χ1n) is 12.4. The molecule has 3 aliphatic rings. The summed E-state index contributed by atoms with van der Waals surface area (Å²) in [5.41, 5.74) is 4.70. The van der Waals surface area contributed by atoms with Gasteiger partial charge in [0.15, 0.2) is 0 Å². The quantitative estimate of drug-likeness (QED) is 0.576. The number of rotatable bonds is 7. The van der Waals surface area contributed by atoms with Crippen LogP contribution in [-0.4, -0.2) is 55.1 Å². The van der Waals surface area contributed by atoms with Gasteiger partial charge in [0.2, 0.25) is 0 Å². The number of hydrogen-bond acceptors (Lipinski definition) is 5. The molecule has 1 saturated carbocycles. The number of pyridine rings is 1. The molecule has 3 heterocycles. The summed E-state index contributed by atoms with van der Waals surface area (Å²) >= 11 is 0. The van der Waals surface area contributed by atoms with Crippen LogP contribution in [0.15, 0.2) is 48.7 Å². The Bertz CT molecular complexity index is 1250. The van der Waals surface area contributed by atoms with Gasteiger partial charge in [-0.2, -0.15) is 0 Å². The molecule has 0 bridgehead atoms. The van der Waals surface area contributed by atoms with Crippen molar-refractivity contribution in [3.05, 3.63) is 65.4 Å². The highest BCUT2D eigenvalue weighted by Crippen LogP contribution is 2.49. The number of fused-ring (bicyclic) bond motifs is 1. The molecule has 1 N–H and O–H groups in total. The van der Waals surface area contributed by atoms with Crippen LogP contribution in [0.3, 0.4) is 0 Å². The molecule has 6 heteroatoms. The Morgan fingerprint density at radius 2 is 2.03 bits per heavy atom. The summed E-state index contributed by atoms with van der Waals surface area (Å²) in [5.74, 6) is 0.725. The molecule has 1 aliphatic carbocycles. The van der Waals surface area contributed by atoms with Crippen molar-refractivity contribution in [2.24, 2.45) is 0 Å². The summed E-state index contributed by atoms with van der Waals surface area (Å²) in [5, 5.41) is 4.54. The first kappa shape index (κ1) is 21.4. The lowest BCUT2D eigenvalue weighted by atomic mass is 9.96. The molecule has 176 valence electrons. The van der Waals surface area contributed by atoms with Crippen LogP contribution in [0.2, 0.25) is 0 Å². The lowest BCUT2D eigenvalue weighted by Crippen LogP contribution is -2.48. The number of carbonyl (C=O) groups is 1. The van der Waals surface area contributed by atoms with Crippen LogP contribution >= 0.6 is 0 Å². The normalized spacial score (nSPS) is 21.0. The molecule has 2 aliphatic heterocycles. The zero-order valence-electron chi connectivity index (χ0n) is 20.0. The number of nitrogens with zero attached hydrogens (tertiary/aromatic N) is 3. The Morgan fingerprint density at radius 1 is 1.18 bits per heavy atom. The Labute approximate surface area is 200 Å². The van der Waals surface area contributed by atoms with Crippen LogP contribution in [0, 0.1) is 6.92 Å². The van der Waals surface area contributed by atoms with Crippen LogP contribution in [-0.2, 0) is 5.54 Å². The van der Waals surface area contributed by atoms with E-state index in [1.165, 1.54) is 17.7 Å². The van der Waals surface area contributed by atoms with Crippen molar-refractivity contribution in [1.29, 1.82) is 0 Å². The van der Waals surface area contributed by atoms with E-state index in [2.05, 4.69) is 45.3 Å². The number of aromatic nitrogens is 1. The third-order valence-electron chi connectivity index (χ3n) is 7.88. The summed E-state index contributed by atoms with van der Waals surface area (Å²) in [7, 11) is 2.12. The van der Waals surface area contributed by atoms with E-state index in [9.17, 15) is 4.79 Å². The molecule has 3 fully saturated rings. The minimum atomic E-state index is -0.336. The second kappa shape index (κ2) is 8.27. The van der Waals surface area contributed by atoms with Crippen molar-refractivity contribution < 1.29 is 9.53 Å². The van der Waals surface area contributed by atoms with Crippen molar-refractivity contribution in [3.63, 3.8) is 0 Å². The van der Waals surface area contributed by atoms with Crippen molar-refractivity contribution in [1.82, 2.24) is 15.2 Å². The summed E-state index contributed by atoms with van der Waals surface area (Å²) in [6.07, 6.45) is 6.12. The second-order valence-corrected chi connectivity index (χ2v) is 10.2. The Balaban J connectivity index is 1.27. The molecular formula is C28H32N4O2. The molecule has 0 radical (unpaired) electrons. The average Bonchev–Trinajstić information content (AvgIpc) is 3.57. The number of benzene rings is 2. The Morgan fingerprint density at radius 3 is 2.71 bits per heavy atom. The number of likely N-dealkylation sites (tertiary alicyclic amines) is 1. The van der Waals surface area contributed by atoms with Crippen LogP contribution in [0.1, 0.15) is 47.2 Å². The van der Waals surface area contributed by atoms with Crippen molar-refractivity contribution in [2.45, 2.75) is 44.2 Å². The van der Waals surface area contributed by atoms with Crippen LogP contribution in [0.5, 0.6) is 5.75 Å². The number of carbonyl (C=O) groups excluding carboxylic acids is 1. The molecular weight excluding hydrogens is 424 g/mol. The smallest absolute Gasteiger partial charge is 0.252 e. The number of ether oxygens (including phenoxy) is 1. The Kier molecular flexibility index (Phi) is 5.21. The van der Waals surface area contributed by atoms with Crippen LogP contribution in [0.4, 0.5) is 5.69 Å². The van der Waals surface area contributed by atoms with Gasteiger partial charge in [-0.15, -0.1) is 0 Å². The van der Waals surface area contributed by atoms with E-state index in [1.54, 1.807) is 0 Å². The fraction of sp³-hybridized carbons (Fsp3) is 0.429. The van der Waals surface area contributed by atoms with Gasteiger partial charge in [-0.05, 0) is 87.7 Å². The maximum absolute atomic E-state index is 13.5. The van der Waals surface area contributed by atoms with Crippen molar-refractivity contribution in [2.75, 3.05) is 38.2 Å². The number of likely N-dealkylation sites (N-methyl/N-ethyl adjacent to an activating group) is 1. The van der Waals surface area contributed by atoms with E-state index in [1.807, 2.05) is 37.4 Å². The van der Waals surface area contributed by atoms with Gasteiger partial charge >= 0.3 is 0 Å².